The zero-order valence-electron chi connectivity index (χ0n) is 19.2. The molecule has 0 amide bonds. The monoisotopic (exact) mass is 616 g/mol. The van der Waals surface area contributed by atoms with Crippen LogP contribution >= 0.6 is 23.2 Å². The summed E-state index contributed by atoms with van der Waals surface area (Å²) < 4.78 is 43.6. The van der Waals surface area contributed by atoms with Crippen molar-refractivity contribution in [2.75, 3.05) is 24.6 Å². The average Bonchev–Trinajstić information content (AvgIpc) is 2.84. The Balaban J connectivity index is 1.68. The molecular weight excluding hydrogens is 595 g/mol. The van der Waals surface area contributed by atoms with E-state index in [1.165, 1.54) is 18.2 Å². The molecule has 0 spiro atoms. The van der Waals surface area contributed by atoms with E-state index in [-0.39, 0.29) is 44.6 Å². The number of aromatic nitrogens is 1. The molecule has 0 N–H and O–H groups in total. The van der Waals surface area contributed by atoms with Gasteiger partial charge in [0.25, 0.3) is 0 Å². The number of halogens is 3. The minimum absolute atomic E-state index is 0.0915. The molecule has 0 bridgehead atoms. The number of hydrogen-bond donors (Lipinski definition) is 0. The van der Waals surface area contributed by atoms with E-state index >= 15 is 0 Å². The molecule has 0 aliphatic carbocycles. The number of alkyl halides is 1. The Kier molecular flexibility index (Phi) is 9.76. The van der Waals surface area contributed by atoms with Gasteiger partial charge in [0, 0.05) is 0 Å². The molecule has 1 aliphatic heterocycles. The van der Waals surface area contributed by atoms with Crippen LogP contribution in [0.4, 0.5) is 10.2 Å². The van der Waals surface area contributed by atoms with Crippen LogP contribution in [0, 0.1) is 17.2 Å². The normalized spacial score (nSPS) is 14.7. The molecule has 191 valence electrons. The third-order valence-corrected chi connectivity index (χ3v) is 11.7. The van der Waals surface area contributed by atoms with Crippen LogP contribution in [-0.4, -0.2) is 58.2 Å². The van der Waals surface area contributed by atoms with Gasteiger partial charge in [-0.3, -0.25) is 0 Å². The maximum absolute atomic E-state index is 13.6. The number of carbonyl (C=O) groups is 2. The van der Waals surface area contributed by atoms with Crippen molar-refractivity contribution in [1.29, 1.82) is 5.26 Å². The van der Waals surface area contributed by atoms with Gasteiger partial charge in [0.1, 0.15) is 0 Å². The van der Waals surface area contributed by atoms with Crippen molar-refractivity contribution in [3.05, 3.63) is 56.7 Å². The molecule has 0 unspecified atom stereocenters. The second-order valence-electron chi connectivity index (χ2n) is 7.97. The Bertz CT molecular complexity index is 1310. The van der Waals surface area contributed by atoms with Crippen LogP contribution in [0.25, 0.3) is 0 Å². The number of pyridine rings is 1. The fraction of sp³-hybridized carbons (Fsp3) is 0.391. The van der Waals surface area contributed by atoms with E-state index in [4.69, 9.17) is 27.9 Å². The van der Waals surface area contributed by atoms with Crippen LogP contribution in [0.1, 0.15) is 46.9 Å². The van der Waals surface area contributed by atoms with Crippen LogP contribution < -0.4 is 4.90 Å². The standard InChI is InChI=1S/C23H22AsCl2FN3O5S/c1-2-35-23(32)18-9-16(12-28)22(29-20(18)11-27)30-7-5-14(6-8-30)21(31)24-36(33,34)13-15-3-4-17(25)10-19(15)26/h3-4,9-10,14H,2,5-8,11,13H2,1H3. The number of rotatable bonds is 9. The molecule has 1 aromatic carbocycles. The molecule has 0 atom stereocenters. The third kappa shape index (κ3) is 6.98. The van der Waals surface area contributed by atoms with E-state index in [0.717, 1.165) is 0 Å². The van der Waals surface area contributed by atoms with Crippen molar-refractivity contribution < 1.29 is 27.1 Å². The molecule has 1 radical (unpaired) electrons. The number of esters is 1. The van der Waals surface area contributed by atoms with E-state index in [0.29, 0.717) is 36.5 Å². The van der Waals surface area contributed by atoms with E-state index in [2.05, 4.69) is 4.98 Å². The van der Waals surface area contributed by atoms with Gasteiger partial charge in [0.05, 0.1) is 0 Å². The molecule has 3 rings (SSSR count). The average molecular weight is 617 g/mol. The summed E-state index contributed by atoms with van der Waals surface area (Å²) in [6, 6.07) is 7.79. The Hall–Kier alpha value is -2.18. The zero-order valence-corrected chi connectivity index (χ0v) is 23.4. The van der Waals surface area contributed by atoms with Crippen LogP contribution in [0.15, 0.2) is 24.3 Å². The molecule has 1 aliphatic rings. The van der Waals surface area contributed by atoms with E-state index in [1.807, 2.05) is 6.07 Å². The molecule has 8 nitrogen and oxygen atoms in total. The first-order valence-electron chi connectivity index (χ1n) is 10.9. The predicted octanol–water partition coefficient (Wildman–Crippen LogP) is 3.88. The molecule has 1 fully saturated rings. The van der Waals surface area contributed by atoms with Gasteiger partial charge in [0.15, 0.2) is 0 Å². The molecule has 13 heteroatoms. The number of nitrogens with zero attached hydrogens (tertiary/aromatic N) is 3. The van der Waals surface area contributed by atoms with Crippen molar-refractivity contribution in [3.63, 3.8) is 0 Å². The Labute approximate surface area is 224 Å². The first-order chi connectivity index (χ1) is 17.1. The molecular formula is C23H22AsCl2FN3O5S. The summed E-state index contributed by atoms with van der Waals surface area (Å²) in [6.07, 6.45) is 0.728. The summed E-state index contributed by atoms with van der Waals surface area (Å²) in [6.45, 7) is 1.35. The number of nitriles is 1. The van der Waals surface area contributed by atoms with Crippen LogP contribution in [0.5, 0.6) is 0 Å². The van der Waals surface area contributed by atoms with Crippen LogP contribution in [-0.2, 0) is 30.1 Å². The predicted molar refractivity (Wildman–Crippen MR) is 135 cm³/mol. The Morgan fingerprint density at radius 2 is 1.97 bits per heavy atom. The van der Waals surface area contributed by atoms with Crippen LogP contribution in [0.3, 0.4) is 0 Å². The van der Waals surface area contributed by atoms with Crippen molar-refractivity contribution >= 4 is 62.3 Å². The summed E-state index contributed by atoms with van der Waals surface area (Å²) in [5.41, 5.74) is 0.259. The molecule has 2 heterocycles. The van der Waals surface area contributed by atoms with Gasteiger partial charge in [-0.2, -0.15) is 0 Å². The number of piperidine rings is 1. The summed E-state index contributed by atoms with van der Waals surface area (Å²) in [5.74, 6) is -1.31. The molecule has 1 aromatic heterocycles. The summed E-state index contributed by atoms with van der Waals surface area (Å²) in [4.78, 5) is 30.9. The molecule has 0 saturated carbocycles. The molecule has 1 saturated heterocycles. The molecule has 36 heavy (non-hydrogen) atoms. The van der Waals surface area contributed by atoms with Gasteiger partial charge in [-0.25, -0.2) is 0 Å². The van der Waals surface area contributed by atoms with Gasteiger partial charge in [-0.15, -0.1) is 0 Å². The van der Waals surface area contributed by atoms with Crippen molar-refractivity contribution in [1.82, 2.24) is 4.98 Å². The number of carbonyl (C=O) groups excluding carboxylic acids is 2. The first kappa shape index (κ1) is 28.4. The Morgan fingerprint density at radius 1 is 1.28 bits per heavy atom. The quantitative estimate of drug-likeness (QED) is 0.308. The fourth-order valence-electron chi connectivity index (χ4n) is 3.77. The van der Waals surface area contributed by atoms with Gasteiger partial charge in [-0.05, 0) is 6.92 Å². The van der Waals surface area contributed by atoms with Crippen molar-refractivity contribution in [3.8, 4) is 6.07 Å². The zero-order chi connectivity index (χ0) is 26.5. The number of benzene rings is 1. The van der Waals surface area contributed by atoms with Gasteiger partial charge in [0.2, 0.25) is 0 Å². The second-order valence-corrected chi connectivity index (χ2v) is 16.0. The SMILES string of the molecule is CCOC(=O)c1cc(C#N)c(N2CCC(C(=O)[As]S(=O)(=O)Cc3ccc(Cl)cc3Cl)CC2)nc1CF. The number of anilines is 1. The fourth-order valence-corrected chi connectivity index (χ4v) is 9.94. The Morgan fingerprint density at radius 3 is 2.56 bits per heavy atom. The molecule has 2 aromatic rings. The number of ether oxygens (including phenoxy) is 1. The summed E-state index contributed by atoms with van der Waals surface area (Å²) in [5, 5.41) is 10.2. The second kappa shape index (κ2) is 12.4. The van der Waals surface area contributed by atoms with Crippen molar-refractivity contribution in [2.24, 2.45) is 5.92 Å². The van der Waals surface area contributed by atoms with Crippen molar-refractivity contribution in [2.45, 2.75) is 32.2 Å². The van der Waals surface area contributed by atoms with E-state index in [1.54, 1.807) is 17.9 Å². The van der Waals surface area contributed by atoms with E-state index < -0.39 is 41.3 Å². The van der Waals surface area contributed by atoms with Gasteiger partial charge < -0.3 is 0 Å². The number of hydrogen-bond acceptors (Lipinski definition) is 8. The topological polar surface area (TPSA) is 117 Å². The summed E-state index contributed by atoms with van der Waals surface area (Å²) >= 11 is 10.3. The van der Waals surface area contributed by atoms with Gasteiger partial charge in [-0.1, -0.05) is 0 Å². The van der Waals surface area contributed by atoms with E-state index in [9.17, 15) is 27.7 Å². The summed E-state index contributed by atoms with van der Waals surface area (Å²) in [7, 11) is -3.66. The maximum atomic E-state index is 13.6. The third-order valence-electron chi connectivity index (χ3n) is 5.55. The van der Waals surface area contributed by atoms with Crippen LogP contribution in [0.2, 0.25) is 10.0 Å². The minimum atomic E-state index is -3.66. The first-order valence-corrected chi connectivity index (χ1v) is 16.5. The van der Waals surface area contributed by atoms with Gasteiger partial charge >= 0.3 is 218 Å².